The molecule has 0 heterocycles. The van der Waals surface area contributed by atoms with E-state index in [0.29, 0.717) is 0 Å². The van der Waals surface area contributed by atoms with Gasteiger partial charge in [-0.3, -0.25) is 0 Å². The lowest BCUT2D eigenvalue weighted by atomic mass is 9.92. The highest BCUT2D eigenvalue weighted by molar-refractivity contribution is 5.32. The summed E-state index contributed by atoms with van der Waals surface area (Å²) in [6.07, 6.45) is -4.54. The average Bonchev–Trinajstić information content (AvgIpc) is 2.02. The number of alkyl halides is 3. The van der Waals surface area contributed by atoms with Gasteiger partial charge < -0.3 is 10.8 Å². The molecule has 0 saturated carbocycles. The molecule has 1 rings (SSSR count). The molecule has 0 fully saturated rings. The monoisotopic (exact) mass is 205 g/mol. The van der Waals surface area contributed by atoms with Crippen LogP contribution >= 0.6 is 0 Å². The first-order valence-corrected chi connectivity index (χ1v) is 3.90. The quantitative estimate of drug-likeness (QED) is 0.737. The lowest BCUT2D eigenvalue weighted by Gasteiger charge is -2.27. The van der Waals surface area contributed by atoms with Gasteiger partial charge in [0.2, 0.25) is 0 Å². The van der Waals surface area contributed by atoms with Crippen LogP contribution in [0.5, 0.6) is 5.75 Å². The third-order valence-electron chi connectivity index (χ3n) is 2.03. The normalized spacial score (nSPS) is 16.4. The fraction of sp³-hybridized carbons (Fsp3) is 0.333. The Bertz CT molecular complexity index is 333. The molecule has 1 atom stereocenters. The van der Waals surface area contributed by atoms with E-state index in [1.807, 2.05) is 0 Å². The number of rotatable bonds is 1. The van der Waals surface area contributed by atoms with Gasteiger partial charge in [-0.2, -0.15) is 13.2 Å². The van der Waals surface area contributed by atoms with Crippen molar-refractivity contribution < 1.29 is 18.3 Å². The molecule has 14 heavy (non-hydrogen) atoms. The fourth-order valence-corrected chi connectivity index (χ4v) is 0.993. The summed E-state index contributed by atoms with van der Waals surface area (Å²) >= 11 is 0. The van der Waals surface area contributed by atoms with Gasteiger partial charge >= 0.3 is 6.18 Å². The SMILES string of the molecule is C[C@@](N)(c1cccc(O)c1)C(F)(F)F. The van der Waals surface area contributed by atoms with Gasteiger partial charge in [-0.15, -0.1) is 0 Å². The third kappa shape index (κ3) is 1.82. The Kier molecular flexibility index (Phi) is 2.45. The van der Waals surface area contributed by atoms with Crippen molar-refractivity contribution in [3.05, 3.63) is 29.8 Å². The minimum absolute atomic E-state index is 0.162. The van der Waals surface area contributed by atoms with Crippen molar-refractivity contribution in [1.82, 2.24) is 0 Å². The number of halogens is 3. The summed E-state index contributed by atoms with van der Waals surface area (Å²) in [7, 11) is 0. The van der Waals surface area contributed by atoms with Crippen LogP contribution in [0.25, 0.3) is 0 Å². The van der Waals surface area contributed by atoms with Crippen LogP contribution in [0.3, 0.4) is 0 Å². The molecule has 0 radical (unpaired) electrons. The van der Waals surface area contributed by atoms with Crippen molar-refractivity contribution in [3.63, 3.8) is 0 Å². The Hall–Kier alpha value is -1.23. The van der Waals surface area contributed by atoms with Crippen molar-refractivity contribution >= 4 is 0 Å². The van der Waals surface area contributed by atoms with Crippen LogP contribution in [0.2, 0.25) is 0 Å². The molecule has 0 aliphatic rings. The van der Waals surface area contributed by atoms with Gasteiger partial charge in [-0.05, 0) is 24.6 Å². The van der Waals surface area contributed by atoms with Gasteiger partial charge in [0.15, 0.2) is 0 Å². The molecular formula is C9H10F3NO. The number of aromatic hydroxyl groups is 1. The molecule has 0 unspecified atom stereocenters. The van der Waals surface area contributed by atoms with Crippen LogP contribution in [-0.2, 0) is 5.54 Å². The minimum atomic E-state index is -4.54. The highest BCUT2D eigenvalue weighted by atomic mass is 19.4. The minimum Gasteiger partial charge on any atom is -0.508 e. The summed E-state index contributed by atoms with van der Waals surface area (Å²) < 4.78 is 37.3. The Morgan fingerprint density at radius 3 is 2.29 bits per heavy atom. The van der Waals surface area contributed by atoms with Crippen LogP contribution in [0, 0.1) is 0 Å². The van der Waals surface area contributed by atoms with Gasteiger partial charge in [0.05, 0.1) is 0 Å². The first-order chi connectivity index (χ1) is 6.25. The highest BCUT2D eigenvalue weighted by Gasteiger charge is 2.49. The Balaban J connectivity index is 3.16. The van der Waals surface area contributed by atoms with E-state index < -0.39 is 11.7 Å². The van der Waals surface area contributed by atoms with Gasteiger partial charge in [0.25, 0.3) is 0 Å². The molecule has 0 aliphatic heterocycles. The van der Waals surface area contributed by atoms with Crippen molar-refractivity contribution in [3.8, 4) is 5.75 Å². The molecule has 0 bridgehead atoms. The number of hydrogen-bond donors (Lipinski definition) is 2. The first kappa shape index (κ1) is 10.8. The number of phenols is 1. The van der Waals surface area contributed by atoms with Crippen molar-refractivity contribution in [2.45, 2.75) is 18.6 Å². The Morgan fingerprint density at radius 1 is 1.29 bits per heavy atom. The zero-order valence-electron chi connectivity index (χ0n) is 7.47. The maximum absolute atomic E-state index is 12.4. The summed E-state index contributed by atoms with van der Waals surface area (Å²) in [6, 6.07) is 4.85. The van der Waals surface area contributed by atoms with E-state index in [1.54, 1.807) is 0 Å². The third-order valence-corrected chi connectivity index (χ3v) is 2.03. The first-order valence-electron chi connectivity index (χ1n) is 3.90. The topological polar surface area (TPSA) is 46.2 Å². The molecule has 3 N–H and O–H groups in total. The molecule has 0 aliphatic carbocycles. The second-order valence-corrected chi connectivity index (χ2v) is 3.25. The summed E-state index contributed by atoms with van der Waals surface area (Å²) in [4.78, 5) is 0. The molecule has 0 saturated heterocycles. The molecule has 1 aromatic carbocycles. The van der Waals surface area contributed by atoms with E-state index in [4.69, 9.17) is 10.8 Å². The van der Waals surface area contributed by atoms with E-state index >= 15 is 0 Å². The second-order valence-electron chi connectivity index (χ2n) is 3.25. The lowest BCUT2D eigenvalue weighted by Crippen LogP contribution is -2.47. The Labute approximate surface area is 79.2 Å². The van der Waals surface area contributed by atoms with Crippen molar-refractivity contribution in [2.75, 3.05) is 0 Å². The predicted octanol–water partition coefficient (Wildman–Crippen LogP) is 2.13. The number of hydrogen-bond acceptors (Lipinski definition) is 2. The molecule has 2 nitrogen and oxygen atoms in total. The van der Waals surface area contributed by atoms with Crippen molar-refractivity contribution in [2.24, 2.45) is 5.73 Å². The maximum Gasteiger partial charge on any atom is 0.410 e. The summed E-state index contributed by atoms with van der Waals surface area (Å²) in [5.74, 6) is -0.233. The van der Waals surface area contributed by atoms with Gasteiger partial charge in [0.1, 0.15) is 11.3 Å². The van der Waals surface area contributed by atoms with Gasteiger partial charge in [-0.25, -0.2) is 0 Å². The maximum atomic E-state index is 12.4. The van der Waals surface area contributed by atoms with E-state index in [2.05, 4.69) is 0 Å². The molecule has 1 aromatic rings. The van der Waals surface area contributed by atoms with E-state index in [9.17, 15) is 13.2 Å². The molecule has 0 spiro atoms. The van der Waals surface area contributed by atoms with E-state index in [-0.39, 0.29) is 11.3 Å². The fourth-order valence-electron chi connectivity index (χ4n) is 0.993. The number of phenolic OH excluding ortho intramolecular Hbond substituents is 1. The molecule has 0 amide bonds. The molecular weight excluding hydrogens is 195 g/mol. The van der Waals surface area contributed by atoms with Crippen LogP contribution in [0.4, 0.5) is 13.2 Å². The standard InChI is InChI=1S/C9H10F3NO/c1-8(13,9(10,11)12)6-3-2-4-7(14)5-6/h2-5,14H,13H2,1H3/t8-/m1/s1. The smallest absolute Gasteiger partial charge is 0.410 e. The van der Waals surface area contributed by atoms with Gasteiger partial charge in [-0.1, -0.05) is 12.1 Å². The van der Waals surface area contributed by atoms with Crippen LogP contribution in [0.15, 0.2) is 24.3 Å². The second kappa shape index (κ2) is 3.16. The number of benzene rings is 1. The highest BCUT2D eigenvalue weighted by Crippen LogP contribution is 2.36. The predicted molar refractivity (Wildman–Crippen MR) is 45.7 cm³/mol. The van der Waals surface area contributed by atoms with Gasteiger partial charge in [0, 0.05) is 0 Å². The average molecular weight is 205 g/mol. The van der Waals surface area contributed by atoms with Crippen LogP contribution in [0.1, 0.15) is 12.5 Å². The summed E-state index contributed by atoms with van der Waals surface area (Å²) in [5, 5.41) is 9.02. The van der Waals surface area contributed by atoms with E-state index in [1.165, 1.54) is 18.2 Å². The lowest BCUT2D eigenvalue weighted by molar-refractivity contribution is -0.184. The molecule has 5 heteroatoms. The Morgan fingerprint density at radius 2 is 1.86 bits per heavy atom. The molecule has 0 aromatic heterocycles. The molecule has 78 valence electrons. The van der Waals surface area contributed by atoms with Crippen LogP contribution in [-0.4, -0.2) is 11.3 Å². The van der Waals surface area contributed by atoms with E-state index in [0.717, 1.165) is 13.0 Å². The summed E-state index contributed by atoms with van der Waals surface area (Å²) in [5.41, 5.74) is 2.55. The largest absolute Gasteiger partial charge is 0.508 e. The zero-order chi connectivity index (χ0) is 11.0. The number of nitrogens with two attached hydrogens (primary N) is 1. The van der Waals surface area contributed by atoms with Crippen LogP contribution < -0.4 is 5.73 Å². The summed E-state index contributed by atoms with van der Waals surface area (Å²) in [6.45, 7) is 0.863. The zero-order valence-corrected chi connectivity index (χ0v) is 7.47. The van der Waals surface area contributed by atoms with Crippen molar-refractivity contribution in [1.29, 1.82) is 0 Å².